The molecule has 244 valence electrons. The van der Waals surface area contributed by atoms with Crippen LogP contribution < -0.4 is 5.32 Å². The topological polar surface area (TPSA) is 145 Å². The average molecular weight is 658 g/mol. The molecule has 0 saturated carbocycles. The summed E-state index contributed by atoms with van der Waals surface area (Å²) in [7, 11) is 1.89. The molecule has 2 fully saturated rings. The number of benzene rings is 3. The predicted octanol–water partition coefficient (Wildman–Crippen LogP) is 4.20. The van der Waals surface area contributed by atoms with E-state index in [0.717, 1.165) is 37.9 Å². The molecule has 2 N–H and O–H groups in total. The molecule has 0 bridgehead atoms. The highest BCUT2D eigenvalue weighted by molar-refractivity contribution is 7.99. The number of thioether (sulfide) groups is 1. The number of ether oxygens (including phenoxy) is 3. The number of alkyl carbamates (subject to hydrolysis) is 1. The van der Waals surface area contributed by atoms with Crippen molar-refractivity contribution in [1.29, 1.82) is 0 Å². The number of likely N-dealkylation sites (tertiary alicyclic amines) is 1. The Balaban J connectivity index is 1.08. The first kappa shape index (κ1) is 32.4. The molecule has 3 aromatic carbocycles. The molecular formula is C34H35N5O7S. The van der Waals surface area contributed by atoms with Gasteiger partial charge in [-0.05, 0) is 22.3 Å². The monoisotopic (exact) mass is 657 g/mol. The Morgan fingerprint density at radius 3 is 2.40 bits per heavy atom. The summed E-state index contributed by atoms with van der Waals surface area (Å²) in [6.07, 6.45) is 0.355. The summed E-state index contributed by atoms with van der Waals surface area (Å²) in [5.41, 5.74) is 4.15. The van der Waals surface area contributed by atoms with E-state index in [4.69, 9.17) is 14.2 Å². The van der Waals surface area contributed by atoms with Crippen LogP contribution in [0.15, 0.2) is 90.3 Å². The minimum atomic E-state index is -0.978. The molecule has 0 spiro atoms. The van der Waals surface area contributed by atoms with E-state index in [1.54, 1.807) is 18.1 Å². The second kappa shape index (κ2) is 14.9. The molecule has 13 heteroatoms. The number of hydrogen-bond donors (Lipinski definition) is 2. The molecule has 12 nitrogen and oxygen atoms in total. The molecule has 2 aliphatic rings. The molecule has 4 atom stereocenters. The summed E-state index contributed by atoms with van der Waals surface area (Å²) in [4.78, 5) is 39.2. The summed E-state index contributed by atoms with van der Waals surface area (Å²) in [6, 6.07) is 23.3. The van der Waals surface area contributed by atoms with Gasteiger partial charge < -0.3 is 29.2 Å². The third kappa shape index (κ3) is 8.06. The Kier molecular flexibility index (Phi) is 10.3. The van der Waals surface area contributed by atoms with Crippen molar-refractivity contribution in [2.45, 2.75) is 62.3 Å². The van der Waals surface area contributed by atoms with E-state index in [1.807, 2.05) is 90.5 Å². The van der Waals surface area contributed by atoms with Crippen LogP contribution in [0.5, 0.6) is 0 Å². The largest absolute Gasteiger partial charge is 0.445 e. The highest BCUT2D eigenvalue weighted by Crippen LogP contribution is 2.39. The molecule has 1 aromatic heterocycles. The number of carbonyl (C=O) groups excluding carboxylic acids is 3. The molecule has 3 amide bonds. The van der Waals surface area contributed by atoms with Gasteiger partial charge in [0.1, 0.15) is 19.0 Å². The maximum atomic E-state index is 13.0. The van der Waals surface area contributed by atoms with Crippen molar-refractivity contribution in [2.24, 2.45) is 7.05 Å². The number of carbonyl (C=O) groups is 3. The van der Waals surface area contributed by atoms with E-state index in [9.17, 15) is 19.5 Å². The van der Waals surface area contributed by atoms with Crippen LogP contribution in [0.4, 0.5) is 4.79 Å². The summed E-state index contributed by atoms with van der Waals surface area (Å²) >= 11 is 1.56. The van der Waals surface area contributed by atoms with Crippen molar-refractivity contribution in [3.8, 4) is 0 Å². The molecular weight excluding hydrogens is 622 g/mol. The lowest BCUT2D eigenvalue weighted by Crippen LogP contribution is -2.41. The number of imide groups is 1. The first-order chi connectivity index (χ1) is 22.9. The molecule has 3 heterocycles. The van der Waals surface area contributed by atoms with Crippen LogP contribution in [0.1, 0.15) is 53.1 Å². The Labute approximate surface area is 276 Å². The van der Waals surface area contributed by atoms with E-state index < -0.39 is 24.3 Å². The Bertz CT molecular complexity index is 1680. The third-order valence-electron chi connectivity index (χ3n) is 8.02. The van der Waals surface area contributed by atoms with E-state index in [-0.39, 0.29) is 44.3 Å². The van der Waals surface area contributed by atoms with Gasteiger partial charge in [-0.1, -0.05) is 90.6 Å². The summed E-state index contributed by atoms with van der Waals surface area (Å²) < 4.78 is 19.9. The smallest absolute Gasteiger partial charge is 0.408 e. The van der Waals surface area contributed by atoms with E-state index in [1.165, 1.54) is 0 Å². The summed E-state index contributed by atoms with van der Waals surface area (Å²) in [5.74, 6) is -0.207. The minimum Gasteiger partial charge on any atom is -0.445 e. The second-order valence-corrected chi connectivity index (χ2v) is 12.4. The minimum absolute atomic E-state index is 0.0338. The molecule has 1 unspecified atom stereocenters. The van der Waals surface area contributed by atoms with Crippen molar-refractivity contribution < 1.29 is 33.7 Å². The fraction of sp³-hybridized carbons (Fsp3) is 0.324. The number of hydrogen-bond acceptors (Lipinski definition) is 10. The van der Waals surface area contributed by atoms with Crippen molar-refractivity contribution in [3.63, 3.8) is 0 Å². The molecule has 4 aromatic rings. The van der Waals surface area contributed by atoms with E-state index >= 15 is 0 Å². The lowest BCUT2D eigenvalue weighted by atomic mass is 10.0. The first-order valence-electron chi connectivity index (χ1n) is 15.2. The van der Waals surface area contributed by atoms with Gasteiger partial charge in [0.25, 0.3) is 5.91 Å². The number of aromatic nitrogens is 3. The van der Waals surface area contributed by atoms with Gasteiger partial charge in [0, 0.05) is 24.8 Å². The molecule has 2 saturated heterocycles. The molecule has 2 aliphatic heterocycles. The first-order valence-corrected chi connectivity index (χ1v) is 16.2. The number of rotatable bonds is 11. The fourth-order valence-electron chi connectivity index (χ4n) is 5.43. The lowest BCUT2D eigenvalue weighted by Gasteiger charge is -2.36. The van der Waals surface area contributed by atoms with Gasteiger partial charge in [0.2, 0.25) is 5.91 Å². The highest BCUT2D eigenvalue weighted by Gasteiger charge is 2.40. The molecule has 6 rings (SSSR count). The highest BCUT2D eigenvalue weighted by atomic mass is 32.2. The quantitative estimate of drug-likeness (QED) is 0.178. The molecule has 0 radical (unpaired) electrons. The number of nitrogens with one attached hydrogen (secondary N) is 1. The fourth-order valence-corrected chi connectivity index (χ4v) is 6.33. The second-order valence-electron chi connectivity index (χ2n) is 11.4. The van der Waals surface area contributed by atoms with Gasteiger partial charge in [-0.3, -0.25) is 14.5 Å². The maximum Gasteiger partial charge on any atom is 0.408 e. The predicted molar refractivity (Wildman–Crippen MR) is 170 cm³/mol. The van der Waals surface area contributed by atoms with Crippen LogP contribution in [-0.4, -0.2) is 60.6 Å². The number of amides is 3. The van der Waals surface area contributed by atoms with Gasteiger partial charge in [0.15, 0.2) is 11.4 Å². The van der Waals surface area contributed by atoms with Crippen LogP contribution in [0.3, 0.4) is 0 Å². The van der Waals surface area contributed by atoms with Gasteiger partial charge >= 0.3 is 6.09 Å². The normalized spacial score (nSPS) is 21.2. The Hall–Kier alpha value is -4.56. The van der Waals surface area contributed by atoms with Crippen molar-refractivity contribution in [1.82, 2.24) is 25.0 Å². The van der Waals surface area contributed by atoms with Crippen LogP contribution in [-0.2, 0) is 50.6 Å². The summed E-state index contributed by atoms with van der Waals surface area (Å²) in [5, 5.41) is 20.9. The number of aliphatic hydroxyl groups excluding tert-OH is 1. The zero-order valence-corrected chi connectivity index (χ0v) is 26.5. The maximum absolute atomic E-state index is 13.0. The third-order valence-corrected chi connectivity index (χ3v) is 9.19. The number of aryl methyl sites for hydroxylation is 1. The van der Waals surface area contributed by atoms with Gasteiger partial charge in [-0.2, -0.15) is 0 Å². The zero-order valence-electron chi connectivity index (χ0n) is 25.7. The van der Waals surface area contributed by atoms with Crippen LogP contribution >= 0.6 is 11.8 Å². The van der Waals surface area contributed by atoms with Gasteiger partial charge in [0.05, 0.1) is 31.8 Å². The van der Waals surface area contributed by atoms with Crippen molar-refractivity contribution in [3.05, 3.63) is 113 Å². The van der Waals surface area contributed by atoms with Crippen LogP contribution in [0.25, 0.3) is 0 Å². The van der Waals surface area contributed by atoms with Gasteiger partial charge in [-0.15, -0.1) is 10.2 Å². The Morgan fingerprint density at radius 2 is 1.70 bits per heavy atom. The van der Waals surface area contributed by atoms with Crippen molar-refractivity contribution in [2.75, 3.05) is 5.75 Å². The molecule has 47 heavy (non-hydrogen) atoms. The molecule has 0 aliphatic carbocycles. The van der Waals surface area contributed by atoms with Crippen LogP contribution in [0, 0.1) is 0 Å². The SMILES string of the molecule is Cn1cnnc1SC[C@H]1C[C@@H](c2ccc(CO)cc2)O[C@@H](c2ccc(CN3C(=O)CC(NC(=O)OCc4ccccc4)C3=O)cc2)O1. The van der Waals surface area contributed by atoms with E-state index in [0.29, 0.717) is 12.2 Å². The van der Waals surface area contributed by atoms with Crippen LogP contribution in [0.2, 0.25) is 0 Å². The lowest BCUT2D eigenvalue weighted by molar-refractivity contribution is -0.245. The zero-order chi connectivity index (χ0) is 32.8. The number of aliphatic hydroxyl groups is 1. The number of nitrogens with zero attached hydrogens (tertiary/aromatic N) is 4. The average Bonchev–Trinajstić information content (AvgIpc) is 3.63. The standard InChI is InChI=1S/C34H35N5O7S/c1-38-21-35-37-33(38)47-20-27-15-29(25-11-9-23(18-40)10-12-25)46-32(45-27)26-13-7-22(8-14-26)17-39-30(41)16-28(31(39)42)36-34(43)44-19-24-5-3-2-4-6-24/h2-14,21,27-29,32,40H,15-20H2,1H3,(H,36,43)/t27-,28?,29+,32+/m1/s1. The van der Waals surface area contributed by atoms with Gasteiger partial charge in [-0.25, -0.2) is 4.79 Å². The van der Waals surface area contributed by atoms with E-state index in [2.05, 4.69) is 15.5 Å². The summed E-state index contributed by atoms with van der Waals surface area (Å²) in [6.45, 7) is 0.0935. The van der Waals surface area contributed by atoms with Crippen molar-refractivity contribution >= 4 is 29.7 Å². The Morgan fingerprint density at radius 1 is 0.979 bits per heavy atom.